The van der Waals surface area contributed by atoms with E-state index < -0.39 is 0 Å². The van der Waals surface area contributed by atoms with Gasteiger partial charge in [-0.15, -0.1) is 0 Å². The van der Waals surface area contributed by atoms with Crippen LogP contribution in [0.2, 0.25) is 0 Å². The summed E-state index contributed by atoms with van der Waals surface area (Å²) in [6.07, 6.45) is 15.7. The van der Waals surface area contributed by atoms with Crippen molar-refractivity contribution in [1.29, 1.82) is 0 Å². The molecule has 0 aliphatic heterocycles. The molecule has 0 amide bonds. The molecule has 3 fully saturated rings. The Bertz CT molecular complexity index is 647. The number of hydrogen-bond donors (Lipinski definition) is 0. The minimum Gasteiger partial charge on any atom is -0.299 e. The van der Waals surface area contributed by atoms with Gasteiger partial charge in [0.25, 0.3) is 0 Å². The minimum absolute atomic E-state index is 0.0456. The number of ketones is 2. The van der Waals surface area contributed by atoms with E-state index in [0.717, 1.165) is 32.1 Å². The van der Waals surface area contributed by atoms with Crippen LogP contribution in [0.15, 0.2) is 11.6 Å². The predicted octanol–water partition coefficient (Wildman–Crippen LogP) is 6.28. The molecule has 150 valence electrons. The Hall–Kier alpha value is -0.920. The summed E-state index contributed by atoms with van der Waals surface area (Å²) in [6.45, 7) is 7.02. The zero-order valence-corrected chi connectivity index (χ0v) is 17.7. The lowest BCUT2D eigenvalue weighted by Gasteiger charge is -2.59. The number of Topliss-reactive ketones (excluding diaryl/α,β-unsaturated/α-hetero) is 1. The van der Waals surface area contributed by atoms with Crippen LogP contribution in [-0.4, -0.2) is 11.6 Å². The van der Waals surface area contributed by atoms with Crippen LogP contribution in [0.4, 0.5) is 0 Å². The van der Waals surface area contributed by atoms with Crippen LogP contribution in [0.1, 0.15) is 97.8 Å². The zero-order valence-electron chi connectivity index (χ0n) is 17.7. The highest BCUT2D eigenvalue weighted by atomic mass is 16.1. The summed E-state index contributed by atoms with van der Waals surface area (Å²) < 4.78 is 0. The Morgan fingerprint density at radius 3 is 2.52 bits per heavy atom. The van der Waals surface area contributed by atoms with Gasteiger partial charge >= 0.3 is 0 Å². The molecule has 0 spiro atoms. The first-order valence-electron chi connectivity index (χ1n) is 11.7. The number of carbonyl (C=O) groups is 2. The van der Waals surface area contributed by atoms with Gasteiger partial charge in [-0.25, -0.2) is 0 Å². The van der Waals surface area contributed by atoms with E-state index >= 15 is 0 Å². The van der Waals surface area contributed by atoms with Crippen molar-refractivity contribution in [3.8, 4) is 0 Å². The molecule has 0 saturated heterocycles. The molecular formula is C25H38O2. The van der Waals surface area contributed by atoms with Gasteiger partial charge < -0.3 is 0 Å². The largest absolute Gasteiger partial charge is 0.299 e. The van der Waals surface area contributed by atoms with Crippen molar-refractivity contribution in [3.05, 3.63) is 11.6 Å². The van der Waals surface area contributed by atoms with Crippen LogP contribution in [0.3, 0.4) is 0 Å². The number of unbranched alkanes of at least 4 members (excludes halogenated alkanes) is 3. The Morgan fingerprint density at radius 2 is 1.74 bits per heavy atom. The molecule has 0 N–H and O–H groups in total. The topological polar surface area (TPSA) is 34.1 Å². The zero-order chi connectivity index (χ0) is 19.2. The second-order valence-electron chi connectivity index (χ2n) is 10.6. The lowest BCUT2D eigenvalue weighted by atomic mass is 9.45. The number of fused-ring (bicyclic) bond motifs is 5. The Labute approximate surface area is 165 Å². The third-order valence-corrected chi connectivity index (χ3v) is 9.23. The highest BCUT2D eigenvalue weighted by Gasteiger charge is 2.60. The fourth-order valence-electron chi connectivity index (χ4n) is 7.65. The summed E-state index contributed by atoms with van der Waals surface area (Å²) in [7, 11) is 0. The fourth-order valence-corrected chi connectivity index (χ4v) is 7.65. The number of rotatable bonds is 5. The predicted molar refractivity (Wildman–Crippen MR) is 109 cm³/mol. The lowest BCUT2D eigenvalue weighted by Crippen LogP contribution is -2.52. The van der Waals surface area contributed by atoms with Crippen LogP contribution in [0, 0.1) is 34.5 Å². The van der Waals surface area contributed by atoms with Gasteiger partial charge in [-0.2, -0.15) is 0 Å². The van der Waals surface area contributed by atoms with Gasteiger partial charge in [0.1, 0.15) is 5.78 Å². The van der Waals surface area contributed by atoms with E-state index in [-0.39, 0.29) is 10.8 Å². The lowest BCUT2D eigenvalue weighted by molar-refractivity contribution is -0.133. The van der Waals surface area contributed by atoms with E-state index in [1.54, 1.807) is 0 Å². The van der Waals surface area contributed by atoms with Gasteiger partial charge in [0.15, 0.2) is 5.78 Å². The van der Waals surface area contributed by atoms with Crippen molar-refractivity contribution >= 4 is 11.6 Å². The number of hydrogen-bond acceptors (Lipinski definition) is 2. The Morgan fingerprint density at radius 1 is 0.963 bits per heavy atom. The Balaban J connectivity index is 1.63. The van der Waals surface area contributed by atoms with Gasteiger partial charge in [0.05, 0.1) is 0 Å². The first kappa shape index (κ1) is 19.4. The molecule has 0 heterocycles. The molecule has 3 saturated carbocycles. The van der Waals surface area contributed by atoms with Gasteiger partial charge in [-0.3, -0.25) is 9.59 Å². The average Bonchev–Trinajstić information content (AvgIpc) is 2.95. The maximum Gasteiger partial charge on any atom is 0.155 e. The molecule has 4 aliphatic carbocycles. The summed E-state index contributed by atoms with van der Waals surface area (Å²) in [5.41, 5.74) is 1.67. The van der Waals surface area contributed by atoms with E-state index in [1.165, 1.54) is 50.5 Å². The summed E-state index contributed by atoms with van der Waals surface area (Å²) in [5, 5.41) is 0. The molecule has 0 radical (unpaired) electrons. The first-order valence-corrected chi connectivity index (χ1v) is 11.7. The molecule has 0 aromatic carbocycles. The second-order valence-corrected chi connectivity index (χ2v) is 10.6. The highest BCUT2D eigenvalue weighted by Crippen LogP contribution is 2.65. The molecule has 0 aromatic rings. The molecule has 0 bridgehead atoms. The molecular weight excluding hydrogens is 332 g/mol. The monoisotopic (exact) mass is 370 g/mol. The fraction of sp³-hybridized carbons (Fsp3) is 0.840. The molecule has 2 heteroatoms. The molecule has 0 aromatic heterocycles. The van der Waals surface area contributed by atoms with Gasteiger partial charge in [0.2, 0.25) is 0 Å². The van der Waals surface area contributed by atoms with E-state index in [9.17, 15) is 9.59 Å². The quantitative estimate of drug-likeness (QED) is 0.533. The maximum absolute atomic E-state index is 12.7. The summed E-state index contributed by atoms with van der Waals surface area (Å²) in [6, 6.07) is 0. The molecule has 4 rings (SSSR count). The number of carbonyl (C=O) groups excluding carboxylic acids is 2. The second kappa shape index (κ2) is 7.16. The smallest absolute Gasteiger partial charge is 0.155 e. The summed E-state index contributed by atoms with van der Waals surface area (Å²) >= 11 is 0. The van der Waals surface area contributed by atoms with E-state index in [1.807, 2.05) is 0 Å². The van der Waals surface area contributed by atoms with Gasteiger partial charge in [0, 0.05) is 18.3 Å². The van der Waals surface area contributed by atoms with Crippen LogP contribution in [0.25, 0.3) is 0 Å². The molecule has 2 nitrogen and oxygen atoms in total. The Kier molecular flexibility index (Phi) is 5.14. The van der Waals surface area contributed by atoms with Gasteiger partial charge in [-0.05, 0) is 73.7 Å². The van der Waals surface area contributed by atoms with E-state index in [2.05, 4.69) is 26.8 Å². The van der Waals surface area contributed by atoms with Crippen LogP contribution in [0.5, 0.6) is 0 Å². The molecule has 3 unspecified atom stereocenters. The standard InChI is InChI=1S/C25H38O2/c1-4-5-6-7-8-17-15-19-20-9-10-23(27)25(20,3)14-12-21(19)24(2)13-11-18(26)16-22(17)24/h16-17,19-21H,4-15H2,1-3H3/t17-,19?,20?,21?,24-,25+/m1/s1. The van der Waals surface area contributed by atoms with Crippen molar-refractivity contribution in [2.45, 2.75) is 97.8 Å². The molecule has 4 aliphatic rings. The first-order chi connectivity index (χ1) is 12.9. The van der Waals surface area contributed by atoms with E-state index in [0.29, 0.717) is 35.2 Å². The maximum atomic E-state index is 12.7. The third kappa shape index (κ3) is 3.06. The van der Waals surface area contributed by atoms with Crippen LogP contribution >= 0.6 is 0 Å². The van der Waals surface area contributed by atoms with Crippen LogP contribution in [-0.2, 0) is 9.59 Å². The minimum atomic E-state index is -0.0456. The van der Waals surface area contributed by atoms with Crippen molar-refractivity contribution in [2.24, 2.45) is 34.5 Å². The summed E-state index contributed by atoms with van der Waals surface area (Å²) in [5.74, 6) is 3.45. The summed E-state index contributed by atoms with van der Waals surface area (Å²) in [4.78, 5) is 25.0. The van der Waals surface area contributed by atoms with Crippen molar-refractivity contribution in [3.63, 3.8) is 0 Å². The third-order valence-electron chi connectivity index (χ3n) is 9.23. The van der Waals surface area contributed by atoms with Crippen LogP contribution < -0.4 is 0 Å². The normalized spacial score (nSPS) is 43.7. The van der Waals surface area contributed by atoms with Gasteiger partial charge in [-0.1, -0.05) is 52.0 Å². The van der Waals surface area contributed by atoms with Crippen molar-refractivity contribution < 1.29 is 9.59 Å². The highest BCUT2D eigenvalue weighted by molar-refractivity contribution is 5.92. The van der Waals surface area contributed by atoms with Crippen molar-refractivity contribution in [1.82, 2.24) is 0 Å². The van der Waals surface area contributed by atoms with Crippen molar-refractivity contribution in [2.75, 3.05) is 0 Å². The van der Waals surface area contributed by atoms with E-state index in [4.69, 9.17) is 0 Å². The molecule has 6 atom stereocenters. The molecule has 27 heavy (non-hydrogen) atoms. The number of allylic oxidation sites excluding steroid dienone is 1. The SMILES string of the molecule is CCCCCC[C@@H]1CC2C(CC[C@]3(C)C(=O)CCC23)[C@@]2(C)CCC(=O)C=C12. The average molecular weight is 371 g/mol.